The molecule has 0 spiro atoms. The standard InChI is InChI=1S/C24H31N3O3S/c1-25-23-15-30-24-10-9-20(12-22(24)21(23)11-17-5-3-2-4-6-17)27-13-19(14-27)26-31(28,29)16-18-7-8-18/h2-6,9-10,12,18-19,21,23,25-26H,7-8,11,13-16H2,1H3/t21-,23+/m1/s1. The van der Waals surface area contributed by atoms with Gasteiger partial charge in [-0.3, -0.25) is 0 Å². The van der Waals surface area contributed by atoms with Crippen molar-refractivity contribution in [3.8, 4) is 5.75 Å². The highest BCUT2D eigenvalue weighted by molar-refractivity contribution is 7.89. The van der Waals surface area contributed by atoms with Gasteiger partial charge in [0.25, 0.3) is 0 Å². The number of anilines is 1. The van der Waals surface area contributed by atoms with Crippen molar-refractivity contribution in [1.82, 2.24) is 10.0 Å². The summed E-state index contributed by atoms with van der Waals surface area (Å²) in [5.74, 6) is 1.94. The first kappa shape index (κ1) is 20.8. The normalized spacial score (nSPS) is 23.7. The van der Waals surface area contributed by atoms with Crippen molar-refractivity contribution in [3.63, 3.8) is 0 Å². The maximum absolute atomic E-state index is 12.3. The minimum atomic E-state index is -3.16. The summed E-state index contributed by atoms with van der Waals surface area (Å²) < 4.78 is 33.4. The van der Waals surface area contributed by atoms with E-state index in [2.05, 4.69) is 57.4 Å². The number of fused-ring (bicyclic) bond motifs is 1. The first-order chi connectivity index (χ1) is 15.0. The Morgan fingerprint density at radius 3 is 2.58 bits per heavy atom. The van der Waals surface area contributed by atoms with E-state index in [-0.39, 0.29) is 17.8 Å². The third-order valence-corrected chi connectivity index (χ3v) is 8.31. The second-order valence-electron chi connectivity index (χ2n) is 9.17. The molecule has 3 aliphatic rings. The largest absolute Gasteiger partial charge is 0.492 e. The zero-order chi connectivity index (χ0) is 21.4. The summed E-state index contributed by atoms with van der Waals surface area (Å²) in [4.78, 5) is 2.24. The van der Waals surface area contributed by atoms with Crippen molar-refractivity contribution < 1.29 is 13.2 Å². The van der Waals surface area contributed by atoms with Gasteiger partial charge in [-0.15, -0.1) is 0 Å². The van der Waals surface area contributed by atoms with Crippen LogP contribution >= 0.6 is 0 Å². The van der Waals surface area contributed by atoms with E-state index in [0.29, 0.717) is 31.5 Å². The Kier molecular flexibility index (Phi) is 5.67. The van der Waals surface area contributed by atoms with E-state index in [1.54, 1.807) is 0 Å². The second kappa shape index (κ2) is 8.45. The molecule has 0 amide bonds. The zero-order valence-electron chi connectivity index (χ0n) is 18.0. The molecule has 2 aromatic rings. The summed E-state index contributed by atoms with van der Waals surface area (Å²) in [7, 11) is -1.16. The van der Waals surface area contributed by atoms with Crippen LogP contribution in [0.25, 0.3) is 0 Å². The summed E-state index contributed by atoms with van der Waals surface area (Å²) >= 11 is 0. The molecule has 2 heterocycles. The summed E-state index contributed by atoms with van der Waals surface area (Å²) in [6.45, 7) is 2.08. The fourth-order valence-corrected chi connectivity index (χ4v) is 6.44. The summed E-state index contributed by atoms with van der Waals surface area (Å²) in [6.07, 6.45) is 3.05. The number of sulfonamides is 1. The van der Waals surface area contributed by atoms with Crippen LogP contribution in [0.15, 0.2) is 48.5 Å². The van der Waals surface area contributed by atoms with Gasteiger partial charge in [-0.25, -0.2) is 13.1 Å². The molecular formula is C24H31N3O3S. The Bertz CT molecular complexity index is 1020. The number of hydrogen-bond acceptors (Lipinski definition) is 5. The number of nitrogens with zero attached hydrogens (tertiary/aromatic N) is 1. The van der Waals surface area contributed by atoms with E-state index in [4.69, 9.17) is 4.74 Å². The monoisotopic (exact) mass is 441 g/mol. The first-order valence-corrected chi connectivity index (χ1v) is 12.9. The van der Waals surface area contributed by atoms with Crippen molar-refractivity contribution in [3.05, 3.63) is 59.7 Å². The number of benzene rings is 2. The molecule has 5 rings (SSSR count). The summed E-state index contributed by atoms with van der Waals surface area (Å²) in [6, 6.07) is 17.2. The second-order valence-corrected chi connectivity index (χ2v) is 11.0. The highest BCUT2D eigenvalue weighted by Crippen LogP contribution is 2.39. The van der Waals surface area contributed by atoms with E-state index < -0.39 is 10.0 Å². The molecule has 7 heteroatoms. The SMILES string of the molecule is CN[C@H]1COc2ccc(N3CC(NS(=O)(=O)CC4CC4)C3)cc2[C@H]1Cc1ccccc1. The Morgan fingerprint density at radius 1 is 1.10 bits per heavy atom. The molecule has 2 aliphatic heterocycles. The molecule has 1 saturated carbocycles. The number of rotatable bonds is 8. The quantitative estimate of drug-likeness (QED) is 0.659. The summed E-state index contributed by atoms with van der Waals surface area (Å²) in [5.41, 5.74) is 3.68. The van der Waals surface area contributed by atoms with Crippen LogP contribution in [0, 0.1) is 5.92 Å². The zero-order valence-corrected chi connectivity index (χ0v) is 18.8. The van der Waals surface area contributed by atoms with Crippen molar-refractivity contribution in [1.29, 1.82) is 0 Å². The molecule has 2 atom stereocenters. The molecule has 31 heavy (non-hydrogen) atoms. The van der Waals surface area contributed by atoms with E-state index in [9.17, 15) is 8.42 Å². The molecule has 2 fully saturated rings. The van der Waals surface area contributed by atoms with Crippen molar-refractivity contribution >= 4 is 15.7 Å². The Labute approximate surface area is 185 Å². The molecule has 2 N–H and O–H groups in total. The van der Waals surface area contributed by atoms with E-state index in [1.165, 1.54) is 11.1 Å². The van der Waals surface area contributed by atoms with Gasteiger partial charge in [-0.2, -0.15) is 0 Å². The minimum absolute atomic E-state index is 0.00112. The predicted octanol–water partition coefficient (Wildman–Crippen LogP) is 2.51. The van der Waals surface area contributed by atoms with Crippen molar-refractivity contribution in [2.24, 2.45) is 5.92 Å². The van der Waals surface area contributed by atoms with Crippen LogP contribution < -0.4 is 19.7 Å². The molecule has 1 aliphatic carbocycles. The van der Waals surface area contributed by atoms with Gasteiger partial charge in [0.05, 0.1) is 11.8 Å². The fraction of sp³-hybridized carbons (Fsp3) is 0.500. The number of likely N-dealkylation sites (N-methyl/N-ethyl adjacent to an activating group) is 1. The third-order valence-electron chi connectivity index (χ3n) is 6.71. The van der Waals surface area contributed by atoms with Crippen molar-refractivity contribution in [2.75, 3.05) is 37.4 Å². The lowest BCUT2D eigenvalue weighted by molar-refractivity contribution is 0.219. The first-order valence-electron chi connectivity index (χ1n) is 11.2. The topological polar surface area (TPSA) is 70.7 Å². The molecule has 166 valence electrons. The molecule has 1 saturated heterocycles. The summed E-state index contributed by atoms with van der Waals surface area (Å²) in [5, 5.41) is 3.43. The van der Waals surface area contributed by atoms with Crippen LogP contribution in [0.4, 0.5) is 5.69 Å². The van der Waals surface area contributed by atoms with Gasteiger partial charge >= 0.3 is 0 Å². The maximum atomic E-state index is 12.3. The number of nitrogens with one attached hydrogen (secondary N) is 2. The number of hydrogen-bond donors (Lipinski definition) is 2. The van der Waals surface area contributed by atoms with E-state index in [0.717, 1.165) is 30.7 Å². The van der Waals surface area contributed by atoms with Crippen LogP contribution in [-0.2, 0) is 16.4 Å². The molecule has 6 nitrogen and oxygen atoms in total. The van der Waals surface area contributed by atoms with Gasteiger partial charge in [0.2, 0.25) is 10.0 Å². The molecule has 0 radical (unpaired) electrons. The molecule has 0 unspecified atom stereocenters. The van der Waals surface area contributed by atoms with Gasteiger partial charge in [0.1, 0.15) is 12.4 Å². The highest BCUT2D eigenvalue weighted by Gasteiger charge is 2.35. The van der Waals surface area contributed by atoms with Crippen LogP contribution in [0.3, 0.4) is 0 Å². The van der Waals surface area contributed by atoms with Crippen molar-refractivity contribution in [2.45, 2.75) is 37.3 Å². The van der Waals surface area contributed by atoms with Crippen LogP contribution in [-0.4, -0.2) is 53.0 Å². The molecule has 0 aromatic heterocycles. The fourth-order valence-electron chi connectivity index (χ4n) is 4.73. The Balaban J connectivity index is 1.29. The van der Waals surface area contributed by atoms with Crippen LogP contribution in [0.5, 0.6) is 5.75 Å². The minimum Gasteiger partial charge on any atom is -0.492 e. The Hall–Kier alpha value is -2.09. The van der Waals surface area contributed by atoms with Gasteiger partial charge in [0.15, 0.2) is 0 Å². The van der Waals surface area contributed by atoms with E-state index >= 15 is 0 Å². The lowest BCUT2D eigenvalue weighted by atomic mass is 9.83. The van der Waals surface area contributed by atoms with Gasteiger partial charge in [0, 0.05) is 36.3 Å². The van der Waals surface area contributed by atoms with Gasteiger partial charge < -0.3 is 15.0 Å². The average Bonchev–Trinajstić information content (AvgIpc) is 3.54. The molecule has 0 bridgehead atoms. The highest BCUT2D eigenvalue weighted by atomic mass is 32.2. The lowest BCUT2D eigenvalue weighted by Crippen LogP contribution is -2.59. The molecule has 2 aromatic carbocycles. The smallest absolute Gasteiger partial charge is 0.212 e. The Morgan fingerprint density at radius 2 is 1.87 bits per heavy atom. The average molecular weight is 442 g/mol. The van der Waals surface area contributed by atoms with Gasteiger partial charge in [-0.1, -0.05) is 30.3 Å². The maximum Gasteiger partial charge on any atom is 0.212 e. The third kappa shape index (κ3) is 4.73. The number of ether oxygens (including phenoxy) is 1. The molecular weight excluding hydrogens is 410 g/mol. The van der Waals surface area contributed by atoms with E-state index in [1.807, 2.05) is 13.1 Å². The lowest BCUT2D eigenvalue weighted by Gasteiger charge is -2.42. The van der Waals surface area contributed by atoms with Crippen LogP contribution in [0.2, 0.25) is 0 Å². The van der Waals surface area contributed by atoms with Gasteiger partial charge in [-0.05, 0) is 56.0 Å². The van der Waals surface area contributed by atoms with Crippen LogP contribution in [0.1, 0.15) is 29.9 Å². The predicted molar refractivity (Wildman–Crippen MR) is 123 cm³/mol.